The molecule has 5 rings (SSSR count). The molecule has 0 saturated heterocycles. The van der Waals surface area contributed by atoms with Crippen LogP contribution in [0.1, 0.15) is 36.6 Å². The molecule has 1 saturated carbocycles. The van der Waals surface area contributed by atoms with E-state index >= 15 is 0 Å². The van der Waals surface area contributed by atoms with Crippen LogP contribution in [0.4, 0.5) is 10.2 Å². The molecule has 0 bridgehead atoms. The van der Waals surface area contributed by atoms with Crippen LogP contribution < -0.4 is 16.0 Å². The van der Waals surface area contributed by atoms with E-state index in [-0.39, 0.29) is 11.8 Å². The summed E-state index contributed by atoms with van der Waals surface area (Å²) in [7, 11) is 1.70. The largest absolute Gasteiger partial charge is 0.385 e. The molecule has 3 atom stereocenters. The smallest absolute Gasteiger partial charge is 0.205 e. The van der Waals surface area contributed by atoms with Crippen molar-refractivity contribution in [1.82, 2.24) is 25.5 Å². The lowest BCUT2D eigenvalue weighted by Gasteiger charge is -2.33. The van der Waals surface area contributed by atoms with Gasteiger partial charge in [0.1, 0.15) is 12.0 Å². The summed E-state index contributed by atoms with van der Waals surface area (Å²) in [6.07, 6.45) is 1.66. The molecule has 0 unspecified atom stereocenters. The highest BCUT2D eigenvalue weighted by Gasteiger charge is 2.40. The van der Waals surface area contributed by atoms with Gasteiger partial charge in [-0.3, -0.25) is 20.0 Å². The monoisotopic (exact) mass is 394 g/mol. The standard InChI is InChI=1S/C20H23FN8/c1-10(14-3-4-15-16(25-14)5-6-24-15)12-9-29(20(23-2)26-19(12)22)18-8-17(27-28-18)11-7-13(11)21/h3-6,8,10-11,13,24H,7,9,22H2,1-2H3,(H,23,26)(H,27,28)/t10-,11+,13+/m0/s1. The van der Waals surface area contributed by atoms with Crippen LogP contribution in [0.5, 0.6) is 0 Å². The van der Waals surface area contributed by atoms with Gasteiger partial charge in [0.25, 0.3) is 0 Å². The number of nitrogens with two attached hydrogens (primary N) is 1. The Morgan fingerprint density at radius 2 is 2.17 bits per heavy atom. The number of aromatic nitrogens is 4. The Bertz CT molecular complexity index is 1130. The molecule has 0 spiro atoms. The van der Waals surface area contributed by atoms with Crippen LogP contribution in [-0.2, 0) is 0 Å². The maximum absolute atomic E-state index is 13.4. The van der Waals surface area contributed by atoms with Crippen LogP contribution in [0.3, 0.4) is 0 Å². The van der Waals surface area contributed by atoms with E-state index in [2.05, 4.69) is 32.4 Å². The zero-order valence-electron chi connectivity index (χ0n) is 16.3. The molecule has 150 valence electrons. The second-order valence-electron chi connectivity index (χ2n) is 7.61. The van der Waals surface area contributed by atoms with Crippen molar-refractivity contribution >= 4 is 22.8 Å². The number of aliphatic imine (C=N–C) groups is 1. The predicted octanol–water partition coefficient (Wildman–Crippen LogP) is 2.48. The lowest BCUT2D eigenvalue weighted by Crippen LogP contribution is -2.50. The number of H-pyrrole nitrogens is 2. The molecule has 4 heterocycles. The number of nitrogens with zero attached hydrogens (tertiary/aromatic N) is 4. The fraction of sp³-hybridized carbons (Fsp3) is 0.350. The number of guanidine groups is 1. The van der Waals surface area contributed by atoms with Crippen LogP contribution in [0, 0.1) is 0 Å². The second-order valence-corrected chi connectivity index (χ2v) is 7.61. The average molecular weight is 394 g/mol. The first-order valence-electron chi connectivity index (χ1n) is 9.68. The fourth-order valence-corrected chi connectivity index (χ4v) is 3.84. The number of hydrogen-bond donors (Lipinski definition) is 4. The molecule has 0 aromatic carbocycles. The third-order valence-corrected chi connectivity index (χ3v) is 5.75. The van der Waals surface area contributed by atoms with Crippen molar-refractivity contribution in [3.8, 4) is 0 Å². The molecule has 0 radical (unpaired) electrons. The highest BCUT2D eigenvalue weighted by molar-refractivity contribution is 5.98. The van der Waals surface area contributed by atoms with Crippen molar-refractivity contribution in [2.24, 2.45) is 10.7 Å². The average Bonchev–Trinajstić information content (AvgIpc) is 3.14. The molecule has 8 nitrogen and oxygen atoms in total. The van der Waals surface area contributed by atoms with Gasteiger partial charge >= 0.3 is 0 Å². The van der Waals surface area contributed by atoms with Gasteiger partial charge in [-0.15, -0.1) is 0 Å². The summed E-state index contributed by atoms with van der Waals surface area (Å²) in [5.41, 5.74) is 11.0. The number of fused-ring (bicyclic) bond motifs is 1. The van der Waals surface area contributed by atoms with E-state index in [1.165, 1.54) is 0 Å². The zero-order valence-corrected chi connectivity index (χ0v) is 16.3. The summed E-state index contributed by atoms with van der Waals surface area (Å²) in [4.78, 5) is 14.2. The highest BCUT2D eigenvalue weighted by Crippen LogP contribution is 2.43. The summed E-state index contributed by atoms with van der Waals surface area (Å²) in [6.45, 7) is 2.61. The first kappa shape index (κ1) is 17.7. The fourth-order valence-electron chi connectivity index (χ4n) is 3.84. The van der Waals surface area contributed by atoms with E-state index in [1.807, 2.05) is 35.4 Å². The van der Waals surface area contributed by atoms with Crippen LogP contribution in [0.15, 0.2) is 46.8 Å². The van der Waals surface area contributed by atoms with Crippen LogP contribution in [-0.4, -0.2) is 45.9 Å². The van der Waals surface area contributed by atoms with Crippen molar-refractivity contribution in [1.29, 1.82) is 0 Å². The van der Waals surface area contributed by atoms with E-state index in [9.17, 15) is 4.39 Å². The third kappa shape index (κ3) is 3.02. The Hall–Kier alpha value is -3.36. The van der Waals surface area contributed by atoms with Crippen molar-refractivity contribution in [2.75, 3.05) is 18.5 Å². The van der Waals surface area contributed by atoms with E-state index in [1.54, 1.807) is 7.05 Å². The molecule has 9 heteroatoms. The van der Waals surface area contributed by atoms with E-state index < -0.39 is 6.17 Å². The molecule has 3 aromatic rings. The SMILES string of the molecule is CN=C1NC(N)=C([C@H](C)c2ccc3[nH]ccc3n2)CN1c1cc([C@@H]2C[C@H]2F)[nH]n1. The van der Waals surface area contributed by atoms with Gasteiger partial charge in [0.15, 0.2) is 5.82 Å². The maximum Gasteiger partial charge on any atom is 0.205 e. The molecule has 29 heavy (non-hydrogen) atoms. The van der Waals surface area contributed by atoms with Crippen molar-refractivity contribution in [3.63, 3.8) is 0 Å². The lowest BCUT2D eigenvalue weighted by molar-refractivity contribution is 0.466. The molecule has 1 fully saturated rings. The van der Waals surface area contributed by atoms with E-state index in [0.29, 0.717) is 30.6 Å². The molecule has 0 amide bonds. The predicted molar refractivity (Wildman–Crippen MR) is 110 cm³/mol. The van der Waals surface area contributed by atoms with Gasteiger partial charge in [-0.25, -0.2) is 4.39 Å². The Kier molecular flexibility index (Phi) is 4.04. The minimum absolute atomic E-state index is 0.000210. The summed E-state index contributed by atoms with van der Waals surface area (Å²) < 4.78 is 13.4. The quantitative estimate of drug-likeness (QED) is 0.543. The molecule has 3 aromatic heterocycles. The topological polar surface area (TPSA) is 111 Å². The normalized spacial score (nSPS) is 24.2. The van der Waals surface area contributed by atoms with Gasteiger partial charge in [0.05, 0.1) is 17.6 Å². The van der Waals surface area contributed by atoms with Gasteiger partial charge in [-0.2, -0.15) is 5.10 Å². The number of halogens is 1. The van der Waals surface area contributed by atoms with Crippen LogP contribution >= 0.6 is 0 Å². The number of rotatable bonds is 4. The number of alkyl halides is 1. The Morgan fingerprint density at radius 3 is 2.93 bits per heavy atom. The Balaban J connectivity index is 1.45. The highest BCUT2D eigenvalue weighted by atomic mass is 19.1. The number of anilines is 1. The first-order valence-corrected chi connectivity index (χ1v) is 9.68. The van der Waals surface area contributed by atoms with E-state index in [0.717, 1.165) is 28.0 Å². The number of hydrogen-bond acceptors (Lipinski definition) is 4. The summed E-state index contributed by atoms with van der Waals surface area (Å²) in [5.74, 6) is 1.80. The number of pyridine rings is 1. The molecule has 2 aliphatic rings. The van der Waals surface area contributed by atoms with Gasteiger partial charge in [-0.05, 0) is 30.2 Å². The molecule has 1 aliphatic carbocycles. The minimum atomic E-state index is -0.775. The number of nitrogens with one attached hydrogen (secondary N) is 3. The maximum atomic E-state index is 13.4. The lowest BCUT2D eigenvalue weighted by atomic mass is 9.95. The summed E-state index contributed by atoms with van der Waals surface area (Å²) in [6, 6.07) is 7.89. The van der Waals surface area contributed by atoms with Crippen molar-refractivity contribution in [3.05, 3.63) is 53.2 Å². The second kappa shape index (κ2) is 6.61. The van der Waals surface area contributed by atoms with Crippen molar-refractivity contribution < 1.29 is 4.39 Å². The molecular weight excluding hydrogens is 371 g/mol. The summed E-state index contributed by atoms with van der Waals surface area (Å²) in [5, 5.41) is 10.5. The first-order chi connectivity index (χ1) is 14.0. The Morgan fingerprint density at radius 1 is 1.34 bits per heavy atom. The van der Waals surface area contributed by atoms with Crippen molar-refractivity contribution in [2.45, 2.75) is 31.4 Å². The zero-order chi connectivity index (χ0) is 20.1. The van der Waals surface area contributed by atoms with Gasteiger partial charge < -0.3 is 16.0 Å². The van der Waals surface area contributed by atoms with Gasteiger partial charge in [0, 0.05) is 42.5 Å². The molecule has 5 N–H and O–H groups in total. The van der Waals surface area contributed by atoms with Gasteiger partial charge in [-0.1, -0.05) is 6.92 Å². The minimum Gasteiger partial charge on any atom is -0.385 e. The van der Waals surface area contributed by atoms with Crippen LogP contribution in [0.2, 0.25) is 0 Å². The molecule has 1 aliphatic heterocycles. The number of aromatic amines is 2. The summed E-state index contributed by atoms with van der Waals surface area (Å²) >= 11 is 0. The van der Waals surface area contributed by atoms with Crippen LogP contribution in [0.25, 0.3) is 11.0 Å². The van der Waals surface area contributed by atoms with Gasteiger partial charge in [0.2, 0.25) is 5.96 Å². The molecular formula is C20H23FN8. The van der Waals surface area contributed by atoms with E-state index in [4.69, 9.17) is 10.7 Å². The Labute approximate surface area is 167 Å². The third-order valence-electron chi connectivity index (χ3n) is 5.75.